The molecule has 112 valence electrons. The van der Waals surface area contributed by atoms with Gasteiger partial charge in [-0.05, 0) is 51.2 Å². The van der Waals surface area contributed by atoms with Crippen LogP contribution in [0.2, 0.25) is 0 Å². The van der Waals surface area contributed by atoms with Crippen LogP contribution in [0.5, 0.6) is 0 Å². The molecule has 0 aromatic heterocycles. The topological polar surface area (TPSA) is 24.5 Å². The molecular formula is C16H32N2O. The van der Waals surface area contributed by atoms with Gasteiger partial charge in [0.05, 0.1) is 12.2 Å². The molecule has 2 rings (SSSR count). The van der Waals surface area contributed by atoms with Crippen molar-refractivity contribution in [3.05, 3.63) is 0 Å². The molecule has 2 fully saturated rings. The fourth-order valence-electron chi connectivity index (χ4n) is 3.20. The molecule has 0 aromatic rings. The largest absolute Gasteiger partial charge is 0.372 e. The van der Waals surface area contributed by atoms with Crippen molar-refractivity contribution in [3.8, 4) is 0 Å². The smallest absolute Gasteiger partial charge is 0.0707 e. The molecule has 2 heterocycles. The van der Waals surface area contributed by atoms with Crippen molar-refractivity contribution in [3.63, 3.8) is 0 Å². The van der Waals surface area contributed by atoms with Crippen molar-refractivity contribution >= 4 is 0 Å². The van der Waals surface area contributed by atoms with Gasteiger partial charge in [-0.25, -0.2) is 0 Å². The van der Waals surface area contributed by atoms with Gasteiger partial charge in [0.2, 0.25) is 0 Å². The molecule has 2 aliphatic rings. The van der Waals surface area contributed by atoms with Gasteiger partial charge in [-0.2, -0.15) is 0 Å². The van der Waals surface area contributed by atoms with Gasteiger partial charge in [0, 0.05) is 13.1 Å². The third-order valence-electron chi connectivity index (χ3n) is 4.28. The van der Waals surface area contributed by atoms with Gasteiger partial charge in [0.15, 0.2) is 0 Å². The zero-order chi connectivity index (χ0) is 13.5. The second-order valence-electron chi connectivity index (χ2n) is 6.72. The average Bonchev–Trinajstić information content (AvgIpc) is 2.65. The summed E-state index contributed by atoms with van der Waals surface area (Å²) in [5, 5.41) is 3.52. The van der Waals surface area contributed by atoms with Gasteiger partial charge in [-0.15, -0.1) is 0 Å². The first-order valence-electron chi connectivity index (χ1n) is 8.32. The first kappa shape index (κ1) is 15.3. The van der Waals surface area contributed by atoms with E-state index in [1.165, 1.54) is 58.2 Å². The zero-order valence-corrected chi connectivity index (χ0v) is 12.9. The summed E-state index contributed by atoms with van der Waals surface area (Å²) in [5.41, 5.74) is 0. The SMILES string of the molecule is CC(C)CNCC1CCC(CN2CCCCCC2)O1. The van der Waals surface area contributed by atoms with Crippen LogP contribution in [0.25, 0.3) is 0 Å². The number of nitrogens with one attached hydrogen (secondary N) is 1. The molecule has 0 bridgehead atoms. The van der Waals surface area contributed by atoms with Gasteiger partial charge in [-0.3, -0.25) is 0 Å². The van der Waals surface area contributed by atoms with E-state index in [-0.39, 0.29) is 0 Å². The van der Waals surface area contributed by atoms with E-state index in [9.17, 15) is 0 Å². The van der Waals surface area contributed by atoms with Gasteiger partial charge >= 0.3 is 0 Å². The van der Waals surface area contributed by atoms with E-state index in [2.05, 4.69) is 24.1 Å². The van der Waals surface area contributed by atoms with Crippen LogP contribution in [0.3, 0.4) is 0 Å². The van der Waals surface area contributed by atoms with E-state index >= 15 is 0 Å². The van der Waals surface area contributed by atoms with Gasteiger partial charge in [0.1, 0.15) is 0 Å². The molecule has 0 saturated carbocycles. The number of hydrogen-bond acceptors (Lipinski definition) is 3. The maximum absolute atomic E-state index is 6.18. The van der Waals surface area contributed by atoms with E-state index in [1.807, 2.05) is 0 Å². The van der Waals surface area contributed by atoms with Crippen LogP contribution in [0.4, 0.5) is 0 Å². The summed E-state index contributed by atoms with van der Waals surface area (Å²) in [6.07, 6.45) is 9.04. The minimum atomic E-state index is 0.454. The summed E-state index contributed by atoms with van der Waals surface area (Å²) in [4.78, 5) is 2.63. The molecule has 2 unspecified atom stereocenters. The van der Waals surface area contributed by atoms with Crippen LogP contribution < -0.4 is 5.32 Å². The highest BCUT2D eigenvalue weighted by atomic mass is 16.5. The third kappa shape index (κ3) is 5.80. The van der Waals surface area contributed by atoms with E-state index in [4.69, 9.17) is 4.74 Å². The first-order valence-corrected chi connectivity index (χ1v) is 8.32. The third-order valence-corrected chi connectivity index (χ3v) is 4.28. The maximum Gasteiger partial charge on any atom is 0.0707 e. The van der Waals surface area contributed by atoms with E-state index in [0.29, 0.717) is 12.2 Å². The summed E-state index contributed by atoms with van der Waals surface area (Å²) >= 11 is 0. The van der Waals surface area contributed by atoms with Crippen molar-refractivity contribution in [2.24, 2.45) is 5.92 Å². The number of nitrogens with zero attached hydrogens (tertiary/aromatic N) is 1. The Morgan fingerprint density at radius 2 is 1.74 bits per heavy atom. The number of ether oxygens (including phenoxy) is 1. The first-order chi connectivity index (χ1) is 9.24. The van der Waals surface area contributed by atoms with Crippen molar-refractivity contribution in [1.82, 2.24) is 10.2 Å². The van der Waals surface area contributed by atoms with Crippen LogP contribution in [0, 0.1) is 5.92 Å². The molecule has 0 spiro atoms. The second-order valence-corrected chi connectivity index (χ2v) is 6.72. The molecule has 0 amide bonds. The Bertz CT molecular complexity index is 237. The Hall–Kier alpha value is -0.120. The van der Waals surface area contributed by atoms with Crippen LogP contribution in [0.1, 0.15) is 52.4 Å². The van der Waals surface area contributed by atoms with Gasteiger partial charge < -0.3 is 15.0 Å². The molecule has 0 aromatic carbocycles. The molecule has 3 nitrogen and oxygen atoms in total. The summed E-state index contributed by atoms with van der Waals surface area (Å²) in [6, 6.07) is 0. The molecule has 0 radical (unpaired) electrons. The Morgan fingerprint density at radius 1 is 1.05 bits per heavy atom. The highest BCUT2D eigenvalue weighted by Gasteiger charge is 2.26. The number of likely N-dealkylation sites (tertiary alicyclic amines) is 1. The standard InChI is InChI=1S/C16H32N2O/c1-14(2)11-17-12-15-7-8-16(19-15)13-18-9-5-3-4-6-10-18/h14-17H,3-13H2,1-2H3. The number of hydrogen-bond donors (Lipinski definition) is 1. The minimum Gasteiger partial charge on any atom is -0.372 e. The fraction of sp³-hybridized carbons (Fsp3) is 1.00. The van der Waals surface area contributed by atoms with Crippen molar-refractivity contribution in [1.29, 1.82) is 0 Å². The Morgan fingerprint density at radius 3 is 2.42 bits per heavy atom. The average molecular weight is 268 g/mol. The monoisotopic (exact) mass is 268 g/mol. The molecule has 1 N–H and O–H groups in total. The maximum atomic E-state index is 6.18. The lowest BCUT2D eigenvalue weighted by Crippen LogP contribution is -2.35. The lowest BCUT2D eigenvalue weighted by Gasteiger charge is -2.24. The van der Waals surface area contributed by atoms with Crippen LogP contribution in [-0.4, -0.2) is 49.8 Å². The molecule has 19 heavy (non-hydrogen) atoms. The fourth-order valence-corrected chi connectivity index (χ4v) is 3.20. The number of rotatable bonds is 6. The Labute approximate surface area is 119 Å². The highest BCUT2D eigenvalue weighted by molar-refractivity contribution is 4.78. The minimum absolute atomic E-state index is 0.454. The molecule has 2 saturated heterocycles. The normalized spacial score (nSPS) is 29.8. The summed E-state index contributed by atoms with van der Waals surface area (Å²) in [5.74, 6) is 0.731. The lowest BCUT2D eigenvalue weighted by molar-refractivity contribution is 0.0238. The van der Waals surface area contributed by atoms with Crippen molar-refractivity contribution in [2.75, 3.05) is 32.7 Å². The highest BCUT2D eigenvalue weighted by Crippen LogP contribution is 2.21. The van der Waals surface area contributed by atoms with Crippen LogP contribution in [-0.2, 0) is 4.74 Å². The van der Waals surface area contributed by atoms with Gasteiger partial charge in [-0.1, -0.05) is 26.7 Å². The van der Waals surface area contributed by atoms with E-state index < -0.39 is 0 Å². The van der Waals surface area contributed by atoms with Crippen LogP contribution in [0.15, 0.2) is 0 Å². The lowest BCUT2D eigenvalue weighted by atomic mass is 10.1. The Balaban J connectivity index is 1.61. The van der Waals surface area contributed by atoms with E-state index in [1.54, 1.807) is 0 Å². The Kier molecular flexibility index (Phi) is 6.62. The summed E-state index contributed by atoms with van der Waals surface area (Å²) < 4.78 is 6.18. The van der Waals surface area contributed by atoms with Crippen molar-refractivity contribution < 1.29 is 4.74 Å². The molecular weight excluding hydrogens is 236 g/mol. The summed E-state index contributed by atoms with van der Waals surface area (Å²) in [7, 11) is 0. The molecule has 0 aliphatic carbocycles. The van der Waals surface area contributed by atoms with Crippen molar-refractivity contribution in [2.45, 2.75) is 64.6 Å². The predicted molar refractivity (Wildman–Crippen MR) is 80.5 cm³/mol. The van der Waals surface area contributed by atoms with Crippen LogP contribution >= 0.6 is 0 Å². The second kappa shape index (κ2) is 8.23. The zero-order valence-electron chi connectivity index (χ0n) is 12.9. The molecule has 3 heteroatoms. The van der Waals surface area contributed by atoms with Gasteiger partial charge in [0.25, 0.3) is 0 Å². The summed E-state index contributed by atoms with van der Waals surface area (Å²) in [6.45, 7) is 10.4. The quantitative estimate of drug-likeness (QED) is 0.801. The van der Waals surface area contributed by atoms with E-state index in [0.717, 1.165) is 19.0 Å². The molecule has 2 aliphatic heterocycles. The predicted octanol–water partition coefficient (Wildman–Crippen LogP) is 2.66. The molecule has 2 atom stereocenters.